The molecule has 0 aliphatic rings. The van der Waals surface area contributed by atoms with Gasteiger partial charge in [0.15, 0.2) is 11.6 Å². The number of fused-ring (bicyclic) bond motifs is 1. The van der Waals surface area contributed by atoms with E-state index in [2.05, 4.69) is 15.3 Å². The van der Waals surface area contributed by atoms with Crippen LogP contribution in [-0.2, 0) is 6.42 Å². The number of hydrogen-bond donors (Lipinski definition) is 3. The van der Waals surface area contributed by atoms with Gasteiger partial charge in [0.25, 0.3) is 0 Å². The number of benzene rings is 1. The van der Waals surface area contributed by atoms with Crippen molar-refractivity contribution >= 4 is 28.2 Å². The summed E-state index contributed by atoms with van der Waals surface area (Å²) in [6, 6.07) is 8.38. The van der Waals surface area contributed by atoms with Gasteiger partial charge in [-0.3, -0.25) is 0 Å². The molecule has 0 aliphatic heterocycles. The SMILES string of the molecule is CCc1[nH]c2nc(Nc3ccc(OC)c(F)c3)ccc2c1N. The van der Waals surface area contributed by atoms with Gasteiger partial charge in [-0.2, -0.15) is 0 Å². The van der Waals surface area contributed by atoms with E-state index in [-0.39, 0.29) is 5.75 Å². The van der Waals surface area contributed by atoms with Gasteiger partial charge in [-0.05, 0) is 30.7 Å². The fourth-order valence-electron chi connectivity index (χ4n) is 2.39. The third kappa shape index (κ3) is 2.43. The summed E-state index contributed by atoms with van der Waals surface area (Å²) in [6.07, 6.45) is 0.814. The predicted molar refractivity (Wildman–Crippen MR) is 86.1 cm³/mol. The van der Waals surface area contributed by atoms with Crippen molar-refractivity contribution < 1.29 is 9.13 Å². The lowest BCUT2D eigenvalue weighted by atomic mass is 10.2. The number of nitrogens with one attached hydrogen (secondary N) is 2. The molecule has 0 radical (unpaired) electrons. The van der Waals surface area contributed by atoms with Gasteiger partial charge < -0.3 is 20.8 Å². The Morgan fingerprint density at radius 1 is 1.32 bits per heavy atom. The number of pyridine rings is 1. The zero-order chi connectivity index (χ0) is 15.7. The Hall–Kier alpha value is -2.76. The zero-order valence-electron chi connectivity index (χ0n) is 12.4. The Labute approximate surface area is 127 Å². The first-order valence-electron chi connectivity index (χ1n) is 7.00. The third-order valence-corrected chi connectivity index (χ3v) is 3.56. The van der Waals surface area contributed by atoms with Crippen LogP contribution in [0.15, 0.2) is 30.3 Å². The Morgan fingerprint density at radius 3 is 2.82 bits per heavy atom. The van der Waals surface area contributed by atoms with Gasteiger partial charge in [-0.15, -0.1) is 0 Å². The second-order valence-corrected chi connectivity index (χ2v) is 4.94. The van der Waals surface area contributed by atoms with Crippen LogP contribution in [0.2, 0.25) is 0 Å². The van der Waals surface area contributed by atoms with E-state index in [1.807, 2.05) is 19.1 Å². The van der Waals surface area contributed by atoms with Crippen LogP contribution >= 0.6 is 0 Å². The number of H-pyrrole nitrogens is 1. The average Bonchev–Trinajstić information content (AvgIpc) is 2.83. The van der Waals surface area contributed by atoms with Crippen molar-refractivity contribution in [1.82, 2.24) is 9.97 Å². The van der Waals surface area contributed by atoms with E-state index >= 15 is 0 Å². The molecule has 114 valence electrons. The zero-order valence-corrected chi connectivity index (χ0v) is 12.4. The van der Waals surface area contributed by atoms with Crippen LogP contribution < -0.4 is 15.8 Å². The molecular formula is C16H17FN4O. The smallest absolute Gasteiger partial charge is 0.167 e. The number of hydrogen-bond acceptors (Lipinski definition) is 4. The van der Waals surface area contributed by atoms with Crippen molar-refractivity contribution in [3.8, 4) is 5.75 Å². The van der Waals surface area contributed by atoms with E-state index < -0.39 is 5.82 Å². The second-order valence-electron chi connectivity index (χ2n) is 4.94. The van der Waals surface area contributed by atoms with E-state index in [1.54, 1.807) is 12.1 Å². The lowest BCUT2D eigenvalue weighted by molar-refractivity contribution is 0.386. The first-order valence-corrected chi connectivity index (χ1v) is 7.00. The standard InChI is InChI=1S/C16H17FN4O/c1-3-12-15(18)10-5-7-14(21-16(10)20-12)19-9-4-6-13(22-2)11(17)8-9/h4-8H,3,18H2,1-2H3,(H2,19,20,21). The summed E-state index contributed by atoms with van der Waals surface area (Å²) >= 11 is 0. The van der Waals surface area contributed by atoms with E-state index in [9.17, 15) is 4.39 Å². The number of nitrogen functional groups attached to an aromatic ring is 1. The minimum absolute atomic E-state index is 0.207. The van der Waals surface area contributed by atoms with Crippen molar-refractivity contribution in [2.45, 2.75) is 13.3 Å². The van der Waals surface area contributed by atoms with Crippen LogP contribution in [0.3, 0.4) is 0 Å². The summed E-state index contributed by atoms with van der Waals surface area (Å²) in [7, 11) is 1.43. The van der Waals surface area contributed by atoms with Crippen LogP contribution in [-0.4, -0.2) is 17.1 Å². The van der Waals surface area contributed by atoms with Crippen molar-refractivity contribution in [1.29, 1.82) is 0 Å². The molecule has 0 spiro atoms. The number of nitrogens with zero attached hydrogens (tertiary/aromatic N) is 1. The first kappa shape index (κ1) is 14.2. The average molecular weight is 300 g/mol. The molecule has 0 unspecified atom stereocenters. The van der Waals surface area contributed by atoms with Crippen molar-refractivity contribution in [3.05, 3.63) is 41.8 Å². The number of ether oxygens (including phenoxy) is 1. The van der Waals surface area contributed by atoms with Crippen molar-refractivity contribution in [2.24, 2.45) is 0 Å². The normalized spacial score (nSPS) is 10.9. The number of aromatic amines is 1. The molecule has 0 aliphatic carbocycles. The Bertz CT molecular complexity index is 828. The molecular weight excluding hydrogens is 283 g/mol. The monoisotopic (exact) mass is 300 g/mol. The van der Waals surface area contributed by atoms with Gasteiger partial charge in [0.1, 0.15) is 11.5 Å². The van der Waals surface area contributed by atoms with E-state index in [0.29, 0.717) is 17.2 Å². The van der Waals surface area contributed by atoms with Gasteiger partial charge in [-0.25, -0.2) is 9.37 Å². The summed E-state index contributed by atoms with van der Waals surface area (Å²) in [5.41, 5.74) is 9.06. The fourth-order valence-corrected chi connectivity index (χ4v) is 2.39. The van der Waals surface area contributed by atoms with Gasteiger partial charge in [0.2, 0.25) is 0 Å². The number of rotatable bonds is 4. The van der Waals surface area contributed by atoms with Crippen LogP contribution in [0.25, 0.3) is 11.0 Å². The molecule has 3 aromatic rings. The van der Waals surface area contributed by atoms with Crippen LogP contribution in [0, 0.1) is 5.82 Å². The maximum absolute atomic E-state index is 13.7. The Balaban J connectivity index is 1.92. The highest BCUT2D eigenvalue weighted by molar-refractivity contribution is 5.91. The highest BCUT2D eigenvalue weighted by atomic mass is 19.1. The van der Waals surface area contributed by atoms with E-state index in [4.69, 9.17) is 10.5 Å². The Morgan fingerprint density at radius 2 is 2.14 bits per heavy atom. The Kier molecular flexibility index (Phi) is 3.58. The van der Waals surface area contributed by atoms with Gasteiger partial charge in [0, 0.05) is 22.8 Å². The number of anilines is 3. The maximum Gasteiger partial charge on any atom is 0.167 e. The third-order valence-electron chi connectivity index (χ3n) is 3.56. The molecule has 0 amide bonds. The minimum Gasteiger partial charge on any atom is -0.494 e. The number of halogens is 1. The van der Waals surface area contributed by atoms with Gasteiger partial charge >= 0.3 is 0 Å². The fraction of sp³-hybridized carbons (Fsp3) is 0.188. The van der Waals surface area contributed by atoms with Gasteiger partial charge in [0.05, 0.1) is 12.8 Å². The van der Waals surface area contributed by atoms with Crippen molar-refractivity contribution in [3.63, 3.8) is 0 Å². The summed E-state index contributed by atoms with van der Waals surface area (Å²) in [5.74, 6) is 0.394. The molecule has 6 heteroatoms. The number of aryl methyl sites for hydroxylation is 1. The summed E-state index contributed by atoms with van der Waals surface area (Å²) in [4.78, 5) is 7.67. The number of aromatic nitrogens is 2. The highest BCUT2D eigenvalue weighted by Crippen LogP contribution is 2.27. The molecule has 1 aromatic carbocycles. The largest absolute Gasteiger partial charge is 0.494 e. The summed E-state index contributed by atoms with van der Waals surface area (Å²) < 4.78 is 18.6. The molecule has 0 fully saturated rings. The van der Waals surface area contributed by atoms with Gasteiger partial charge in [-0.1, -0.05) is 6.92 Å². The summed E-state index contributed by atoms with van der Waals surface area (Å²) in [5, 5.41) is 3.96. The highest BCUT2D eigenvalue weighted by Gasteiger charge is 2.09. The topological polar surface area (TPSA) is 76.0 Å². The molecule has 0 bridgehead atoms. The molecule has 2 heterocycles. The second kappa shape index (κ2) is 5.55. The van der Waals surface area contributed by atoms with Crippen molar-refractivity contribution in [2.75, 3.05) is 18.2 Å². The quantitative estimate of drug-likeness (QED) is 0.688. The lowest BCUT2D eigenvalue weighted by Crippen LogP contribution is -1.95. The number of nitrogens with two attached hydrogens (primary N) is 1. The maximum atomic E-state index is 13.7. The number of methoxy groups -OCH3 is 1. The lowest BCUT2D eigenvalue weighted by Gasteiger charge is -2.07. The molecule has 2 aromatic heterocycles. The van der Waals surface area contributed by atoms with Crippen LogP contribution in [0.5, 0.6) is 5.75 Å². The minimum atomic E-state index is -0.425. The first-order chi connectivity index (χ1) is 10.6. The molecule has 5 nitrogen and oxygen atoms in total. The van der Waals surface area contributed by atoms with E-state index in [0.717, 1.165) is 23.2 Å². The predicted octanol–water partition coefficient (Wildman–Crippen LogP) is 3.60. The van der Waals surface area contributed by atoms with Crippen LogP contribution in [0.1, 0.15) is 12.6 Å². The molecule has 0 saturated carbocycles. The summed E-state index contributed by atoms with van der Waals surface area (Å²) in [6.45, 7) is 2.03. The molecule has 22 heavy (non-hydrogen) atoms. The molecule has 3 rings (SSSR count). The molecule has 0 saturated heterocycles. The van der Waals surface area contributed by atoms with Crippen LogP contribution in [0.4, 0.5) is 21.6 Å². The molecule has 4 N–H and O–H groups in total. The molecule has 0 atom stereocenters. The van der Waals surface area contributed by atoms with E-state index in [1.165, 1.54) is 13.2 Å².